The molecular weight excluding hydrogens is 236 g/mol. The van der Waals surface area contributed by atoms with Gasteiger partial charge in [-0.1, -0.05) is 69.9 Å². The number of unbranched alkanes of at least 4 members (excludes halogenated alkanes) is 8. The number of carbonyl (C=O) groups is 1. The van der Waals surface area contributed by atoms with Crippen molar-refractivity contribution in [2.75, 3.05) is 0 Å². The van der Waals surface area contributed by atoms with Gasteiger partial charge in [0.1, 0.15) is 0 Å². The summed E-state index contributed by atoms with van der Waals surface area (Å²) < 4.78 is 4.85. The van der Waals surface area contributed by atoms with Crippen LogP contribution < -0.4 is 0 Å². The van der Waals surface area contributed by atoms with Crippen LogP contribution in [0, 0.1) is 0 Å². The lowest BCUT2D eigenvalue weighted by Gasteiger charge is -2.05. The maximum Gasteiger partial charge on any atom is 0.307 e. The highest BCUT2D eigenvalue weighted by Gasteiger charge is 2.05. The monoisotopic (exact) mass is 262 g/mol. The molecule has 0 aliphatic heterocycles. The Morgan fingerprint density at radius 2 is 1.47 bits per heavy atom. The summed E-state index contributed by atoms with van der Waals surface area (Å²) in [5.41, 5.74) is -0.499. The standard InChI is InChI=1S/C14H27ClO2/c1-3-4-5-6-7-8-9-10-11-12-14(16)17-13(2)15/h13H,3-12H2,1-2H3. The van der Waals surface area contributed by atoms with E-state index in [0.29, 0.717) is 6.42 Å². The minimum Gasteiger partial charge on any atom is -0.446 e. The van der Waals surface area contributed by atoms with Crippen LogP contribution in [0.3, 0.4) is 0 Å². The Bertz CT molecular complexity index is 181. The number of carbonyl (C=O) groups excluding carboxylic acids is 1. The summed E-state index contributed by atoms with van der Waals surface area (Å²) in [7, 11) is 0. The first-order chi connectivity index (χ1) is 8.16. The van der Waals surface area contributed by atoms with Gasteiger partial charge in [-0.15, -0.1) is 0 Å². The first kappa shape index (κ1) is 16.8. The van der Waals surface area contributed by atoms with Gasteiger partial charge in [0, 0.05) is 6.42 Å². The Morgan fingerprint density at radius 1 is 1.00 bits per heavy atom. The first-order valence-corrected chi connectivity index (χ1v) is 7.44. The lowest BCUT2D eigenvalue weighted by Crippen LogP contribution is -2.08. The molecule has 0 bridgehead atoms. The van der Waals surface area contributed by atoms with Gasteiger partial charge in [-0.05, 0) is 13.3 Å². The van der Waals surface area contributed by atoms with Crippen molar-refractivity contribution >= 4 is 17.6 Å². The van der Waals surface area contributed by atoms with E-state index in [9.17, 15) is 4.79 Å². The molecule has 1 unspecified atom stereocenters. The Hall–Kier alpha value is -0.240. The van der Waals surface area contributed by atoms with Gasteiger partial charge in [-0.2, -0.15) is 0 Å². The SMILES string of the molecule is CCCCCCCCCCCC(=O)OC(C)Cl. The zero-order valence-electron chi connectivity index (χ0n) is 11.3. The van der Waals surface area contributed by atoms with Gasteiger partial charge in [0.2, 0.25) is 0 Å². The fourth-order valence-electron chi connectivity index (χ4n) is 1.82. The van der Waals surface area contributed by atoms with Crippen LogP contribution in [0.2, 0.25) is 0 Å². The minimum atomic E-state index is -0.499. The van der Waals surface area contributed by atoms with Gasteiger partial charge in [0.15, 0.2) is 5.56 Å². The summed E-state index contributed by atoms with van der Waals surface area (Å²) >= 11 is 5.55. The van der Waals surface area contributed by atoms with Gasteiger partial charge in [-0.25, -0.2) is 0 Å². The Morgan fingerprint density at radius 3 is 1.94 bits per heavy atom. The molecule has 0 heterocycles. The second-order valence-corrected chi connectivity index (χ2v) is 5.23. The van der Waals surface area contributed by atoms with Crippen molar-refractivity contribution in [3.05, 3.63) is 0 Å². The van der Waals surface area contributed by atoms with E-state index < -0.39 is 5.56 Å². The third-order valence-electron chi connectivity index (χ3n) is 2.78. The van der Waals surface area contributed by atoms with E-state index in [2.05, 4.69) is 6.92 Å². The van der Waals surface area contributed by atoms with Gasteiger partial charge in [-0.3, -0.25) is 4.79 Å². The van der Waals surface area contributed by atoms with Crippen molar-refractivity contribution in [1.82, 2.24) is 0 Å². The summed E-state index contributed by atoms with van der Waals surface area (Å²) in [6, 6.07) is 0. The minimum absolute atomic E-state index is 0.171. The van der Waals surface area contributed by atoms with Crippen LogP contribution >= 0.6 is 11.6 Å². The molecule has 0 N–H and O–H groups in total. The second-order valence-electron chi connectivity index (χ2n) is 4.61. The van der Waals surface area contributed by atoms with Gasteiger partial charge in [0.05, 0.1) is 0 Å². The highest BCUT2D eigenvalue weighted by Crippen LogP contribution is 2.11. The van der Waals surface area contributed by atoms with Crippen LogP contribution in [0.25, 0.3) is 0 Å². The molecule has 0 radical (unpaired) electrons. The van der Waals surface area contributed by atoms with E-state index in [4.69, 9.17) is 16.3 Å². The molecule has 0 aromatic rings. The van der Waals surface area contributed by atoms with Crippen LogP contribution in [-0.4, -0.2) is 11.5 Å². The second kappa shape index (κ2) is 12.2. The number of hydrogen-bond donors (Lipinski definition) is 0. The number of alkyl halides is 1. The zero-order valence-corrected chi connectivity index (χ0v) is 12.1. The average molecular weight is 263 g/mol. The maximum atomic E-state index is 11.2. The van der Waals surface area contributed by atoms with Crippen LogP contribution in [0.5, 0.6) is 0 Å². The highest BCUT2D eigenvalue weighted by molar-refractivity contribution is 6.19. The number of ether oxygens (including phenoxy) is 1. The summed E-state index contributed by atoms with van der Waals surface area (Å²) in [5.74, 6) is -0.171. The van der Waals surface area contributed by atoms with E-state index in [1.807, 2.05) is 0 Å². The third-order valence-corrected chi connectivity index (χ3v) is 2.87. The third kappa shape index (κ3) is 13.7. The predicted octanol–water partition coefficient (Wildman–Crippen LogP) is 5.04. The van der Waals surface area contributed by atoms with Crippen LogP contribution in [0.1, 0.15) is 78.1 Å². The van der Waals surface area contributed by atoms with Gasteiger partial charge < -0.3 is 4.74 Å². The number of rotatable bonds is 11. The predicted molar refractivity (Wildman–Crippen MR) is 73.3 cm³/mol. The van der Waals surface area contributed by atoms with E-state index in [-0.39, 0.29) is 5.97 Å². The van der Waals surface area contributed by atoms with Crippen LogP contribution in [0.15, 0.2) is 0 Å². The molecule has 1 atom stereocenters. The van der Waals surface area contributed by atoms with Crippen molar-refractivity contribution in [2.24, 2.45) is 0 Å². The quantitative estimate of drug-likeness (QED) is 0.296. The van der Waals surface area contributed by atoms with Crippen molar-refractivity contribution in [3.63, 3.8) is 0 Å². The fraction of sp³-hybridized carbons (Fsp3) is 0.929. The molecule has 0 fully saturated rings. The molecule has 0 spiro atoms. The van der Waals surface area contributed by atoms with Crippen molar-refractivity contribution < 1.29 is 9.53 Å². The van der Waals surface area contributed by atoms with Crippen molar-refractivity contribution in [2.45, 2.75) is 83.6 Å². The lowest BCUT2D eigenvalue weighted by molar-refractivity contribution is -0.144. The molecule has 3 heteroatoms. The Kier molecular flexibility index (Phi) is 12.1. The van der Waals surface area contributed by atoms with Crippen LogP contribution in [0.4, 0.5) is 0 Å². The first-order valence-electron chi connectivity index (χ1n) is 7.00. The molecule has 2 nitrogen and oxygen atoms in total. The molecule has 0 aromatic heterocycles. The van der Waals surface area contributed by atoms with E-state index in [1.54, 1.807) is 6.92 Å². The molecule has 17 heavy (non-hydrogen) atoms. The number of hydrogen-bond acceptors (Lipinski definition) is 2. The largest absolute Gasteiger partial charge is 0.446 e. The van der Waals surface area contributed by atoms with E-state index in [1.165, 1.54) is 44.9 Å². The Labute approximate surface area is 111 Å². The van der Waals surface area contributed by atoms with Gasteiger partial charge in [0.25, 0.3) is 0 Å². The molecular formula is C14H27ClO2. The Balaban J connectivity index is 3.10. The molecule has 0 saturated heterocycles. The van der Waals surface area contributed by atoms with Crippen LogP contribution in [-0.2, 0) is 9.53 Å². The molecule has 0 aliphatic carbocycles. The molecule has 0 aromatic carbocycles. The molecule has 0 amide bonds. The average Bonchev–Trinajstić information content (AvgIpc) is 2.26. The maximum absolute atomic E-state index is 11.2. The summed E-state index contributed by atoms with van der Waals surface area (Å²) in [6.45, 7) is 3.90. The molecule has 0 saturated carbocycles. The zero-order chi connectivity index (χ0) is 12.9. The van der Waals surface area contributed by atoms with Crippen molar-refractivity contribution in [3.8, 4) is 0 Å². The normalized spacial score (nSPS) is 12.4. The van der Waals surface area contributed by atoms with E-state index >= 15 is 0 Å². The lowest BCUT2D eigenvalue weighted by atomic mass is 10.1. The number of halogens is 1. The van der Waals surface area contributed by atoms with Crippen molar-refractivity contribution in [1.29, 1.82) is 0 Å². The molecule has 102 valence electrons. The molecule has 0 aliphatic rings. The topological polar surface area (TPSA) is 26.3 Å². The van der Waals surface area contributed by atoms with E-state index in [0.717, 1.165) is 12.8 Å². The summed E-state index contributed by atoms with van der Waals surface area (Å²) in [4.78, 5) is 11.2. The van der Waals surface area contributed by atoms with Gasteiger partial charge >= 0.3 is 5.97 Å². The smallest absolute Gasteiger partial charge is 0.307 e. The summed E-state index contributed by atoms with van der Waals surface area (Å²) in [6.07, 6.45) is 11.8. The number of esters is 1. The molecule has 0 rings (SSSR count). The fourth-order valence-corrected chi connectivity index (χ4v) is 1.92. The summed E-state index contributed by atoms with van der Waals surface area (Å²) in [5, 5.41) is 0. The highest BCUT2D eigenvalue weighted by atomic mass is 35.5.